The third kappa shape index (κ3) is 2.23. The molecule has 2 heterocycles. The second-order valence-electron chi connectivity index (χ2n) is 7.85. The van der Waals surface area contributed by atoms with E-state index in [0.29, 0.717) is 24.6 Å². The van der Waals surface area contributed by atoms with Crippen molar-refractivity contribution in [2.75, 3.05) is 31.6 Å². The molecule has 4 nitrogen and oxygen atoms in total. The second-order valence-corrected chi connectivity index (χ2v) is 7.85. The van der Waals surface area contributed by atoms with Gasteiger partial charge in [-0.05, 0) is 31.5 Å². The smallest absolute Gasteiger partial charge is 0.241 e. The highest BCUT2D eigenvalue weighted by Crippen LogP contribution is 2.54. The van der Waals surface area contributed by atoms with Crippen LogP contribution in [0.15, 0.2) is 24.3 Å². The summed E-state index contributed by atoms with van der Waals surface area (Å²) in [4.78, 5) is 17.0. The molecule has 2 aliphatic heterocycles. The van der Waals surface area contributed by atoms with Gasteiger partial charge in [-0.1, -0.05) is 32.0 Å². The van der Waals surface area contributed by atoms with Gasteiger partial charge in [-0.25, -0.2) is 0 Å². The van der Waals surface area contributed by atoms with Crippen LogP contribution < -0.4 is 4.90 Å². The maximum Gasteiger partial charge on any atom is 0.241 e. The Balaban J connectivity index is 1.45. The largest absolute Gasteiger partial charge is 0.377 e. The van der Waals surface area contributed by atoms with Crippen LogP contribution in [-0.4, -0.2) is 49.7 Å². The zero-order valence-corrected chi connectivity index (χ0v) is 14.3. The van der Waals surface area contributed by atoms with Gasteiger partial charge in [0.1, 0.15) is 0 Å². The summed E-state index contributed by atoms with van der Waals surface area (Å²) in [5.41, 5.74) is 2.52. The topological polar surface area (TPSA) is 32.8 Å². The quantitative estimate of drug-likeness (QED) is 0.858. The van der Waals surface area contributed by atoms with Crippen LogP contribution in [0.3, 0.4) is 0 Å². The molecule has 23 heavy (non-hydrogen) atoms. The molecule has 0 aromatic heterocycles. The molecular formula is C19H26N2O2. The average molecular weight is 314 g/mol. The van der Waals surface area contributed by atoms with Gasteiger partial charge in [-0.15, -0.1) is 0 Å². The molecule has 2 fully saturated rings. The highest BCUT2D eigenvalue weighted by molar-refractivity contribution is 5.96. The van der Waals surface area contributed by atoms with Crippen molar-refractivity contribution in [3.05, 3.63) is 29.8 Å². The molecule has 1 aliphatic carbocycles. The summed E-state index contributed by atoms with van der Waals surface area (Å²) in [6, 6.07) is 8.70. The lowest BCUT2D eigenvalue weighted by atomic mass is 9.57. The summed E-state index contributed by atoms with van der Waals surface area (Å²) in [6.07, 6.45) is 2.47. The van der Waals surface area contributed by atoms with Gasteiger partial charge in [0.25, 0.3) is 0 Å². The molecule has 1 aromatic rings. The molecule has 1 saturated heterocycles. The van der Waals surface area contributed by atoms with Gasteiger partial charge in [0.15, 0.2) is 0 Å². The number of amides is 1. The van der Waals surface area contributed by atoms with Crippen molar-refractivity contribution >= 4 is 11.6 Å². The average Bonchev–Trinajstić information content (AvgIpc) is 3.11. The van der Waals surface area contributed by atoms with E-state index in [1.54, 1.807) is 0 Å². The fourth-order valence-corrected chi connectivity index (χ4v) is 5.19. The van der Waals surface area contributed by atoms with Crippen LogP contribution >= 0.6 is 0 Å². The third-order valence-corrected chi connectivity index (χ3v) is 6.09. The van der Waals surface area contributed by atoms with E-state index < -0.39 is 0 Å². The minimum absolute atomic E-state index is 0.138. The Morgan fingerprint density at radius 3 is 3.00 bits per heavy atom. The van der Waals surface area contributed by atoms with Crippen LogP contribution in [0.25, 0.3) is 0 Å². The first-order chi connectivity index (χ1) is 11.0. The fraction of sp³-hybridized carbons (Fsp3) is 0.632. The van der Waals surface area contributed by atoms with Gasteiger partial charge in [-0.2, -0.15) is 0 Å². The summed E-state index contributed by atoms with van der Waals surface area (Å²) >= 11 is 0. The summed E-state index contributed by atoms with van der Waals surface area (Å²) in [6.45, 7) is 6.73. The zero-order valence-electron chi connectivity index (χ0n) is 14.3. The summed E-state index contributed by atoms with van der Waals surface area (Å²) < 4.78 is 5.88. The molecule has 1 amide bonds. The standard InChI is InChI=1S/C19H26N2O2/c1-19(2)17(14-9-11-23-18(14)19)20(3)12-16(22)21-10-8-13-6-4-5-7-15(13)21/h4-7,14,17-18H,8-12H2,1-3H3/t14-,17-,18-/m1/s1. The van der Waals surface area contributed by atoms with Crippen molar-refractivity contribution in [2.45, 2.75) is 38.8 Å². The molecule has 3 atom stereocenters. The number of hydrogen-bond acceptors (Lipinski definition) is 3. The number of rotatable bonds is 3. The van der Waals surface area contributed by atoms with Crippen LogP contribution in [0, 0.1) is 11.3 Å². The number of fused-ring (bicyclic) bond motifs is 2. The van der Waals surface area contributed by atoms with Crippen LogP contribution in [0.2, 0.25) is 0 Å². The van der Waals surface area contributed by atoms with Crippen molar-refractivity contribution in [1.29, 1.82) is 0 Å². The van der Waals surface area contributed by atoms with Crippen molar-refractivity contribution < 1.29 is 9.53 Å². The lowest BCUT2D eigenvalue weighted by Crippen LogP contribution is -2.66. The summed E-state index contributed by atoms with van der Waals surface area (Å²) in [5, 5.41) is 0. The lowest BCUT2D eigenvalue weighted by Gasteiger charge is -2.57. The minimum Gasteiger partial charge on any atom is -0.377 e. The monoisotopic (exact) mass is 314 g/mol. The molecule has 0 unspecified atom stereocenters. The second kappa shape index (κ2) is 5.32. The molecule has 3 aliphatic rings. The zero-order chi connectivity index (χ0) is 16.2. The van der Waals surface area contributed by atoms with Crippen molar-refractivity contribution in [3.63, 3.8) is 0 Å². The Bertz CT molecular complexity index is 628. The van der Waals surface area contributed by atoms with Gasteiger partial charge in [0.2, 0.25) is 5.91 Å². The van der Waals surface area contributed by atoms with Gasteiger partial charge in [0.05, 0.1) is 12.6 Å². The predicted octanol–water partition coefficient (Wildman–Crippen LogP) is 2.32. The first-order valence-corrected chi connectivity index (χ1v) is 8.70. The number of ether oxygens (including phenoxy) is 1. The number of nitrogens with zero attached hydrogens (tertiary/aromatic N) is 2. The van der Waals surface area contributed by atoms with Crippen molar-refractivity contribution in [2.24, 2.45) is 11.3 Å². The van der Waals surface area contributed by atoms with Crippen LogP contribution in [0.5, 0.6) is 0 Å². The van der Waals surface area contributed by atoms with Gasteiger partial charge in [-0.3, -0.25) is 9.69 Å². The Kier molecular flexibility index (Phi) is 3.50. The molecule has 4 heteroatoms. The van der Waals surface area contributed by atoms with E-state index in [2.05, 4.69) is 44.0 Å². The molecule has 1 aromatic carbocycles. The Labute approximate surface area is 138 Å². The number of likely N-dealkylation sites (N-methyl/N-ethyl adjacent to an activating group) is 1. The Hall–Kier alpha value is -1.39. The number of para-hydroxylation sites is 1. The minimum atomic E-state index is 0.138. The molecule has 0 radical (unpaired) electrons. The highest BCUT2D eigenvalue weighted by atomic mass is 16.5. The van der Waals surface area contributed by atoms with E-state index in [4.69, 9.17) is 4.74 Å². The number of anilines is 1. The first kappa shape index (κ1) is 15.2. The maximum absolute atomic E-state index is 12.8. The number of carbonyl (C=O) groups is 1. The fourth-order valence-electron chi connectivity index (χ4n) is 5.19. The normalized spacial score (nSPS) is 31.0. The van der Waals surface area contributed by atoms with Crippen LogP contribution in [0.4, 0.5) is 5.69 Å². The molecule has 4 rings (SSSR count). The van der Waals surface area contributed by atoms with Crippen LogP contribution in [-0.2, 0) is 16.0 Å². The van der Waals surface area contributed by atoms with Crippen molar-refractivity contribution in [1.82, 2.24) is 4.90 Å². The number of carbonyl (C=O) groups excluding carboxylic acids is 1. The summed E-state index contributed by atoms with van der Waals surface area (Å²) in [7, 11) is 2.10. The van der Waals surface area contributed by atoms with Crippen LogP contribution in [0.1, 0.15) is 25.8 Å². The predicted molar refractivity (Wildman–Crippen MR) is 90.5 cm³/mol. The van der Waals surface area contributed by atoms with E-state index in [9.17, 15) is 4.79 Å². The lowest BCUT2D eigenvalue weighted by molar-refractivity contribution is -0.153. The van der Waals surface area contributed by atoms with E-state index in [1.165, 1.54) is 5.56 Å². The van der Waals surface area contributed by atoms with E-state index in [1.807, 2.05) is 11.0 Å². The molecule has 0 N–H and O–H groups in total. The molecule has 1 saturated carbocycles. The molecule has 0 spiro atoms. The molecule has 0 bridgehead atoms. The van der Waals surface area contributed by atoms with E-state index in [-0.39, 0.29) is 11.3 Å². The first-order valence-electron chi connectivity index (χ1n) is 8.70. The number of benzene rings is 1. The Morgan fingerprint density at radius 2 is 2.17 bits per heavy atom. The third-order valence-electron chi connectivity index (χ3n) is 6.09. The van der Waals surface area contributed by atoms with Gasteiger partial charge >= 0.3 is 0 Å². The van der Waals surface area contributed by atoms with Gasteiger partial charge < -0.3 is 9.64 Å². The van der Waals surface area contributed by atoms with E-state index in [0.717, 1.165) is 31.7 Å². The molecule has 124 valence electrons. The van der Waals surface area contributed by atoms with Crippen molar-refractivity contribution in [3.8, 4) is 0 Å². The Morgan fingerprint density at radius 1 is 1.39 bits per heavy atom. The SMILES string of the molecule is CN(CC(=O)N1CCc2ccccc21)[C@@H]1[C@H]2CCO[C@H]2C1(C)C. The number of hydrogen-bond donors (Lipinski definition) is 0. The summed E-state index contributed by atoms with van der Waals surface area (Å²) in [5.74, 6) is 0.810. The van der Waals surface area contributed by atoms with Gasteiger partial charge in [0, 0.05) is 36.2 Å². The highest BCUT2D eigenvalue weighted by Gasteiger charge is 2.60. The molecular weight excluding hydrogens is 288 g/mol. The van der Waals surface area contributed by atoms with E-state index >= 15 is 0 Å². The maximum atomic E-state index is 12.8.